The first-order valence-corrected chi connectivity index (χ1v) is 8.54. The lowest BCUT2D eigenvalue weighted by atomic mass is 11.8. The van der Waals surface area contributed by atoms with Crippen molar-refractivity contribution in [3.05, 3.63) is 0 Å². The van der Waals surface area contributed by atoms with Crippen LogP contribution in [0.1, 0.15) is 0 Å². The molecular weight excluding hydrogens is 258 g/mol. The zero-order valence-electron chi connectivity index (χ0n) is 11.1. The van der Waals surface area contributed by atoms with Crippen LogP contribution in [0.3, 0.4) is 0 Å². The maximum atomic E-state index is 4.92. The molecule has 0 aromatic carbocycles. The Balaban J connectivity index is 0. The highest BCUT2D eigenvalue weighted by Crippen LogP contribution is 2.05. The molecule has 0 saturated carbocycles. The van der Waals surface area contributed by atoms with Crippen molar-refractivity contribution in [1.29, 1.82) is 0 Å². The number of nitrogens with zero attached hydrogens (tertiary/aromatic N) is 3. The molecule has 0 aliphatic carbocycles. The first kappa shape index (κ1) is 18.6. The molecule has 17 heavy (non-hydrogen) atoms. The summed E-state index contributed by atoms with van der Waals surface area (Å²) in [4.78, 5) is 0. The summed E-state index contributed by atoms with van der Waals surface area (Å²) < 4.78 is 30.4. The predicted octanol–water partition coefficient (Wildman–Crippen LogP) is 0.664. The summed E-state index contributed by atoms with van der Waals surface area (Å²) in [5.41, 5.74) is 0. The van der Waals surface area contributed by atoms with E-state index in [4.69, 9.17) is 17.7 Å². The van der Waals surface area contributed by atoms with Crippen LogP contribution in [-0.4, -0.2) is 66.2 Å². The van der Waals surface area contributed by atoms with Gasteiger partial charge in [-0.15, -0.1) is 0 Å². The molecule has 0 fully saturated rings. The fourth-order valence-electron chi connectivity index (χ4n) is 0.604. The van der Waals surface area contributed by atoms with Crippen molar-refractivity contribution in [3.63, 3.8) is 0 Å². The molecule has 9 heteroatoms. The van der Waals surface area contributed by atoms with Crippen LogP contribution in [0.25, 0.3) is 0 Å². The molecule has 100 valence electrons. The van der Waals surface area contributed by atoms with Gasteiger partial charge in [-0.3, -0.25) is 14.0 Å². The Hall–Kier alpha value is -0.716. The lowest BCUT2D eigenvalue weighted by Crippen LogP contribution is -2.35. The molecule has 0 N–H and O–H groups in total. The number of hydrogen-bond acceptors (Lipinski definition) is 7. The Labute approximate surface area is 105 Å². The summed E-state index contributed by atoms with van der Waals surface area (Å²) in [5, 5.41) is 0. The van der Waals surface area contributed by atoms with Crippen molar-refractivity contribution in [1.82, 2.24) is 0 Å². The van der Waals surface area contributed by atoms with Crippen molar-refractivity contribution in [2.45, 2.75) is 6.55 Å². The first-order chi connectivity index (χ1) is 7.92. The topological polar surface area (TPSA) is 74.0 Å². The Morgan fingerprint density at radius 1 is 0.706 bits per heavy atom. The van der Waals surface area contributed by atoms with Crippen LogP contribution in [0.5, 0.6) is 0 Å². The standard InChI is InChI=1S/C4H10N2O2Si.C4H11NO2Si/c1-5-9(6-2,7-3)8-4;1-5-8(4,6-2)7-3/h1-2H2,3-4H3;1H2,2-4H3. The Kier molecular flexibility index (Phi) is 10.2. The minimum absolute atomic E-state index is 1.47. The third-order valence-corrected chi connectivity index (χ3v) is 5.93. The maximum Gasteiger partial charge on any atom is 0.624 e. The van der Waals surface area contributed by atoms with Gasteiger partial charge in [-0.1, -0.05) is 0 Å². The summed E-state index contributed by atoms with van der Waals surface area (Å²) in [7, 11) is 1.27. The van der Waals surface area contributed by atoms with Crippen LogP contribution in [0.2, 0.25) is 6.55 Å². The second-order valence-electron chi connectivity index (χ2n) is 2.74. The predicted molar refractivity (Wildman–Crippen MR) is 74.1 cm³/mol. The van der Waals surface area contributed by atoms with E-state index in [9.17, 15) is 0 Å². The fraction of sp³-hybridized carbons (Fsp3) is 0.625. The third kappa shape index (κ3) is 6.56. The summed E-state index contributed by atoms with van der Waals surface area (Å²) >= 11 is 0. The van der Waals surface area contributed by atoms with Gasteiger partial charge >= 0.3 is 17.6 Å². The molecule has 0 bridgehead atoms. The highest BCUT2D eigenvalue weighted by Gasteiger charge is 2.34. The van der Waals surface area contributed by atoms with E-state index in [1.807, 2.05) is 6.55 Å². The van der Waals surface area contributed by atoms with Gasteiger partial charge in [0.25, 0.3) is 0 Å². The highest BCUT2D eigenvalue weighted by molar-refractivity contribution is 6.65. The normalized spacial score (nSPS) is 11.1. The highest BCUT2D eigenvalue weighted by atomic mass is 28.4. The van der Waals surface area contributed by atoms with Crippen LogP contribution in [0, 0.1) is 0 Å². The van der Waals surface area contributed by atoms with Crippen LogP contribution in [0.15, 0.2) is 14.0 Å². The molecular formula is C8H21N3O4Si2. The average Bonchev–Trinajstić information content (AvgIpc) is 2.42. The molecule has 0 rings (SSSR count). The van der Waals surface area contributed by atoms with Crippen molar-refractivity contribution in [2.75, 3.05) is 28.4 Å². The molecule has 0 atom stereocenters. The summed E-state index contributed by atoms with van der Waals surface area (Å²) in [6.07, 6.45) is 0. The maximum absolute atomic E-state index is 4.92. The molecule has 0 spiro atoms. The van der Waals surface area contributed by atoms with E-state index >= 15 is 0 Å². The molecule has 0 unspecified atom stereocenters. The lowest BCUT2D eigenvalue weighted by Gasteiger charge is -2.14. The van der Waals surface area contributed by atoms with Gasteiger partial charge in [-0.05, 0) is 20.2 Å². The summed E-state index contributed by atoms with van der Waals surface area (Å²) in [5.74, 6) is 0. The van der Waals surface area contributed by atoms with Gasteiger partial charge in [0.2, 0.25) is 0 Å². The van der Waals surface area contributed by atoms with Crippen molar-refractivity contribution >= 4 is 37.8 Å². The van der Waals surface area contributed by atoms with Crippen molar-refractivity contribution < 1.29 is 17.7 Å². The molecule has 0 aliphatic rings. The van der Waals surface area contributed by atoms with Gasteiger partial charge in [-0.25, -0.2) is 0 Å². The molecule has 0 aliphatic heterocycles. The molecule has 0 amide bonds. The van der Waals surface area contributed by atoms with Gasteiger partial charge in [0.15, 0.2) is 0 Å². The van der Waals surface area contributed by atoms with Gasteiger partial charge in [0, 0.05) is 35.0 Å². The van der Waals surface area contributed by atoms with E-state index < -0.39 is 17.6 Å². The monoisotopic (exact) mass is 279 g/mol. The molecule has 7 nitrogen and oxygen atoms in total. The SMILES string of the molecule is C=N[Si](C)(OC)OC.C=N[Si](N=C)(OC)OC. The van der Waals surface area contributed by atoms with E-state index in [0.717, 1.165) is 0 Å². The lowest BCUT2D eigenvalue weighted by molar-refractivity contribution is 0.247. The second kappa shape index (κ2) is 9.33. The Morgan fingerprint density at radius 2 is 1.06 bits per heavy atom. The molecule has 0 radical (unpaired) electrons. The third-order valence-electron chi connectivity index (χ3n) is 1.98. The van der Waals surface area contributed by atoms with E-state index in [-0.39, 0.29) is 0 Å². The molecule has 0 saturated heterocycles. The molecule has 0 aromatic heterocycles. The van der Waals surface area contributed by atoms with Gasteiger partial charge < -0.3 is 17.7 Å². The zero-order valence-corrected chi connectivity index (χ0v) is 13.1. The largest absolute Gasteiger partial charge is 0.624 e. The molecule has 0 aromatic rings. The van der Waals surface area contributed by atoms with Crippen LogP contribution >= 0.6 is 0 Å². The molecule has 0 heterocycles. The van der Waals surface area contributed by atoms with E-state index in [1.165, 1.54) is 14.2 Å². The van der Waals surface area contributed by atoms with Crippen LogP contribution < -0.4 is 0 Å². The number of hydrogen-bond donors (Lipinski definition) is 0. The summed E-state index contributed by atoms with van der Waals surface area (Å²) in [6.45, 7) is 11.7. The second-order valence-corrected chi connectivity index (χ2v) is 8.21. The Morgan fingerprint density at radius 3 is 1.06 bits per heavy atom. The minimum Gasteiger partial charge on any atom is -0.381 e. The fourth-order valence-corrected chi connectivity index (χ4v) is 1.81. The van der Waals surface area contributed by atoms with E-state index in [0.29, 0.717) is 0 Å². The van der Waals surface area contributed by atoms with E-state index in [2.05, 4.69) is 34.1 Å². The van der Waals surface area contributed by atoms with Gasteiger partial charge in [0.05, 0.1) is 0 Å². The Bertz CT molecular complexity index is 235. The van der Waals surface area contributed by atoms with E-state index in [1.54, 1.807) is 14.2 Å². The van der Waals surface area contributed by atoms with Gasteiger partial charge in [-0.2, -0.15) is 0 Å². The minimum atomic E-state index is -2.66. The van der Waals surface area contributed by atoms with Crippen LogP contribution in [0.4, 0.5) is 0 Å². The van der Waals surface area contributed by atoms with Crippen LogP contribution in [-0.2, 0) is 17.7 Å². The van der Waals surface area contributed by atoms with Crippen molar-refractivity contribution in [2.24, 2.45) is 14.0 Å². The quantitative estimate of drug-likeness (QED) is 0.507. The first-order valence-electron chi connectivity index (χ1n) is 4.57. The summed E-state index contributed by atoms with van der Waals surface area (Å²) in [6, 6.07) is 0. The zero-order chi connectivity index (χ0) is 13.9. The smallest absolute Gasteiger partial charge is 0.381 e. The van der Waals surface area contributed by atoms with Crippen molar-refractivity contribution in [3.8, 4) is 0 Å². The number of rotatable bonds is 7. The average molecular weight is 279 g/mol. The van der Waals surface area contributed by atoms with Gasteiger partial charge in [0.1, 0.15) is 0 Å².